The van der Waals surface area contributed by atoms with Crippen LogP contribution in [-0.2, 0) is 11.3 Å². The summed E-state index contributed by atoms with van der Waals surface area (Å²) in [5.74, 6) is 0.991. The number of hydrazine groups is 1. The normalized spacial score (nSPS) is 19.9. The first-order valence-electron chi connectivity index (χ1n) is 11.3. The fourth-order valence-corrected chi connectivity index (χ4v) is 4.67. The highest BCUT2D eigenvalue weighted by atomic mass is 16.7. The highest BCUT2D eigenvalue weighted by Crippen LogP contribution is 2.40. The van der Waals surface area contributed by atoms with E-state index in [2.05, 4.69) is 16.1 Å². The number of hydrogen-bond acceptors (Lipinski definition) is 6. The lowest BCUT2D eigenvalue weighted by molar-refractivity contribution is -0.120. The van der Waals surface area contributed by atoms with Gasteiger partial charge in [0.05, 0.1) is 17.6 Å². The molecule has 6 rings (SSSR count). The molecule has 1 fully saturated rings. The molecule has 8 heteroatoms. The Bertz CT molecular complexity index is 1290. The minimum Gasteiger partial charge on any atom is -0.454 e. The highest BCUT2D eigenvalue weighted by Gasteiger charge is 2.44. The second-order valence-corrected chi connectivity index (χ2v) is 8.78. The van der Waals surface area contributed by atoms with Crippen molar-refractivity contribution in [3.8, 4) is 11.5 Å². The van der Waals surface area contributed by atoms with Crippen molar-refractivity contribution in [2.45, 2.75) is 19.5 Å². The van der Waals surface area contributed by atoms with Crippen LogP contribution in [0.15, 0.2) is 60.7 Å². The van der Waals surface area contributed by atoms with Gasteiger partial charge >= 0.3 is 0 Å². The van der Waals surface area contributed by atoms with Gasteiger partial charge in [-0.2, -0.15) is 0 Å². The van der Waals surface area contributed by atoms with Crippen LogP contribution < -0.4 is 30.5 Å². The molecule has 0 bridgehead atoms. The molecule has 3 aliphatic heterocycles. The summed E-state index contributed by atoms with van der Waals surface area (Å²) < 4.78 is 10.7. The van der Waals surface area contributed by atoms with E-state index < -0.39 is 0 Å². The fourth-order valence-electron chi connectivity index (χ4n) is 4.67. The maximum absolute atomic E-state index is 13.1. The maximum Gasteiger partial charge on any atom is 0.251 e. The van der Waals surface area contributed by atoms with E-state index in [0.29, 0.717) is 30.2 Å². The van der Waals surface area contributed by atoms with E-state index in [1.165, 1.54) is 0 Å². The van der Waals surface area contributed by atoms with E-state index in [4.69, 9.17) is 9.47 Å². The third-order valence-electron chi connectivity index (χ3n) is 6.55. The van der Waals surface area contributed by atoms with E-state index in [0.717, 1.165) is 28.1 Å². The minimum atomic E-state index is -0.249. The number of hydrogen-bond donors (Lipinski definition) is 3. The summed E-state index contributed by atoms with van der Waals surface area (Å²) in [6.45, 7) is 3.15. The Morgan fingerprint density at radius 2 is 1.88 bits per heavy atom. The second-order valence-electron chi connectivity index (χ2n) is 8.78. The molecule has 3 aliphatic rings. The van der Waals surface area contributed by atoms with Gasteiger partial charge in [-0.05, 0) is 60.5 Å². The number of fused-ring (bicyclic) bond motifs is 4. The van der Waals surface area contributed by atoms with Crippen molar-refractivity contribution in [1.82, 2.24) is 10.7 Å². The first-order chi connectivity index (χ1) is 16.6. The topological polar surface area (TPSA) is 91.9 Å². The molecule has 34 heavy (non-hydrogen) atoms. The van der Waals surface area contributed by atoms with Gasteiger partial charge in [0.25, 0.3) is 5.91 Å². The van der Waals surface area contributed by atoms with Gasteiger partial charge in [-0.1, -0.05) is 23.8 Å². The zero-order valence-corrected chi connectivity index (χ0v) is 18.6. The first kappa shape index (κ1) is 20.6. The molecule has 1 saturated heterocycles. The molecule has 2 unspecified atom stereocenters. The number of amides is 2. The van der Waals surface area contributed by atoms with Gasteiger partial charge in [0.1, 0.15) is 0 Å². The standard InChI is InChI=1S/C26H24N4O4/c1-15-2-6-18(7-3-15)30-26(32)20-13-27-21-8-5-17(11-19(21)24(20)29-30)25(31)28-12-16-4-9-22-23(10-16)34-14-33-22/h2-11,20,24,27,29H,12-14H2,1H3,(H,28,31). The second kappa shape index (κ2) is 8.07. The molecule has 0 radical (unpaired) electrons. The van der Waals surface area contributed by atoms with Crippen LogP contribution >= 0.6 is 0 Å². The predicted octanol–water partition coefficient (Wildman–Crippen LogP) is 3.29. The molecule has 0 saturated carbocycles. The van der Waals surface area contributed by atoms with Gasteiger partial charge in [0, 0.05) is 24.3 Å². The van der Waals surface area contributed by atoms with Crippen LogP contribution in [0.1, 0.15) is 33.1 Å². The molecule has 2 atom stereocenters. The zero-order valence-electron chi connectivity index (χ0n) is 18.6. The lowest BCUT2D eigenvalue weighted by Crippen LogP contribution is -2.35. The van der Waals surface area contributed by atoms with Crippen molar-refractivity contribution in [2.24, 2.45) is 5.92 Å². The van der Waals surface area contributed by atoms with Gasteiger partial charge in [0.15, 0.2) is 11.5 Å². The average Bonchev–Trinajstić information content (AvgIpc) is 3.47. The maximum atomic E-state index is 13.1. The van der Waals surface area contributed by atoms with Gasteiger partial charge in [0.2, 0.25) is 12.7 Å². The molecule has 2 amide bonds. The largest absolute Gasteiger partial charge is 0.454 e. The summed E-state index contributed by atoms with van der Waals surface area (Å²) in [6.07, 6.45) is 0. The number of ether oxygens (including phenoxy) is 2. The van der Waals surface area contributed by atoms with Crippen LogP contribution in [-0.4, -0.2) is 25.2 Å². The first-order valence-corrected chi connectivity index (χ1v) is 11.3. The van der Waals surface area contributed by atoms with Crippen molar-refractivity contribution in [3.05, 3.63) is 82.9 Å². The third kappa shape index (κ3) is 3.52. The summed E-state index contributed by atoms with van der Waals surface area (Å²) in [6, 6.07) is 18.8. The monoisotopic (exact) mass is 456 g/mol. The number of benzene rings is 3. The van der Waals surface area contributed by atoms with Crippen molar-refractivity contribution in [2.75, 3.05) is 23.7 Å². The summed E-state index contributed by atoms with van der Waals surface area (Å²) in [5.41, 5.74) is 8.63. The summed E-state index contributed by atoms with van der Waals surface area (Å²) in [4.78, 5) is 26.0. The third-order valence-corrected chi connectivity index (χ3v) is 6.55. The van der Waals surface area contributed by atoms with Gasteiger partial charge in [-0.3, -0.25) is 9.59 Å². The Hall–Kier alpha value is -4.04. The van der Waals surface area contributed by atoms with Gasteiger partial charge in [-0.15, -0.1) is 0 Å². The molecule has 3 aromatic carbocycles. The molecule has 8 nitrogen and oxygen atoms in total. The molecule has 0 aromatic heterocycles. The molecule has 3 heterocycles. The van der Waals surface area contributed by atoms with E-state index in [1.807, 2.05) is 61.5 Å². The van der Waals surface area contributed by atoms with E-state index in [1.54, 1.807) is 11.1 Å². The Balaban J connectivity index is 1.20. The Kier molecular flexibility index (Phi) is 4.88. The lowest BCUT2D eigenvalue weighted by Gasteiger charge is -2.27. The number of carbonyl (C=O) groups excluding carboxylic acids is 2. The van der Waals surface area contributed by atoms with Crippen molar-refractivity contribution in [1.29, 1.82) is 0 Å². The van der Waals surface area contributed by atoms with Crippen LogP contribution in [0.4, 0.5) is 11.4 Å². The number of anilines is 2. The van der Waals surface area contributed by atoms with Crippen LogP contribution in [0.5, 0.6) is 11.5 Å². The SMILES string of the molecule is Cc1ccc(N2NC3c4cc(C(=O)NCc5ccc6c(c5)OCO6)ccc4NCC3C2=O)cc1. The van der Waals surface area contributed by atoms with E-state index in [9.17, 15) is 9.59 Å². The van der Waals surface area contributed by atoms with Crippen LogP contribution in [0, 0.1) is 12.8 Å². The Morgan fingerprint density at radius 1 is 1.06 bits per heavy atom. The zero-order chi connectivity index (χ0) is 23.2. The molecule has 172 valence electrons. The summed E-state index contributed by atoms with van der Waals surface area (Å²) in [7, 11) is 0. The molecule has 3 N–H and O–H groups in total. The minimum absolute atomic E-state index is 0.0182. The number of nitrogens with zero attached hydrogens (tertiary/aromatic N) is 1. The van der Waals surface area contributed by atoms with Crippen molar-refractivity contribution >= 4 is 23.2 Å². The number of nitrogens with one attached hydrogen (secondary N) is 3. The molecule has 3 aromatic rings. The Morgan fingerprint density at radius 3 is 2.74 bits per heavy atom. The van der Waals surface area contributed by atoms with Gasteiger partial charge < -0.3 is 20.1 Å². The molecule has 0 spiro atoms. The smallest absolute Gasteiger partial charge is 0.251 e. The van der Waals surface area contributed by atoms with E-state index in [-0.39, 0.29) is 30.6 Å². The number of rotatable bonds is 4. The van der Waals surface area contributed by atoms with Crippen molar-refractivity contribution in [3.63, 3.8) is 0 Å². The van der Waals surface area contributed by atoms with Crippen LogP contribution in [0.25, 0.3) is 0 Å². The molecular formula is C26H24N4O4. The number of carbonyl (C=O) groups is 2. The Labute approximate surface area is 196 Å². The molecular weight excluding hydrogens is 432 g/mol. The van der Waals surface area contributed by atoms with Crippen molar-refractivity contribution < 1.29 is 19.1 Å². The average molecular weight is 457 g/mol. The lowest BCUT2D eigenvalue weighted by atomic mass is 9.88. The number of aryl methyl sites for hydroxylation is 1. The quantitative estimate of drug-likeness (QED) is 0.558. The van der Waals surface area contributed by atoms with Crippen LogP contribution in [0.3, 0.4) is 0 Å². The summed E-state index contributed by atoms with van der Waals surface area (Å²) >= 11 is 0. The highest BCUT2D eigenvalue weighted by molar-refractivity contribution is 5.99. The molecule has 0 aliphatic carbocycles. The predicted molar refractivity (Wildman–Crippen MR) is 127 cm³/mol. The van der Waals surface area contributed by atoms with Crippen LogP contribution in [0.2, 0.25) is 0 Å². The van der Waals surface area contributed by atoms with E-state index >= 15 is 0 Å². The summed E-state index contributed by atoms with van der Waals surface area (Å²) in [5, 5.41) is 7.94. The fraction of sp³-hybridized carbons (Fsp3) is 0.231. The van der Waals surface area contributed by atoms with Gasteiger partial charge in [-0.25, -0.2) is 10.4 Å².